The maximum absolute atomic E-state index is 15.0. The van der Waals surface area contributed by atoms with E-state index >= 15 is 4.39 Å². The number of aliphatic hydroxyl groups is 1. The first-order valence-electron chi connectivity index (χ1n) is 19.4. The van der Waals surface area contributed by atoms with Crippen LogP contribution >= 0.6 is 54.2 Å². The fraction of sp³-hybridized carbons (Fsp3) is 0.357. The number of rotatable bonds is 24. The Labute approximate surface area is 385 Å². The molecule has 0 saturated heterocycles. The van der Waals surface area contributed by atoms with Crippen molar-refractivity contribution in [3.05, 3.63) is 126 Å². The first-order chi connectivity index (χ1) is 30.5. The van der Waals surface area contributed by atoms with Crippen molar-refractivity contribution in [3.63, 3.8) is 0 Å². The molecule has 4 aromatic rings. The fourth-order valence-electron chi connectivity index (χ4n) is 5.96. The third-order valence-electron chi connectivity index (χ3n) is 8.63. The highest BCUT2D eigenvalue weighted by Gasteiger charge is 2.46. The summed E-state index contributed by atoms with van der Waals surface area (Å²) in [4.78, 5) is 13.5. The molecule has 0 radical (unpaired) electrons. The molecule has 1 heterocycles. The molecule has 0 spiro atoms. The second kappa shape index (κ2) is 23.3. The van der Waals surface area contributed by atoms with E-state index in [9.17, 15) is 27.6 Å². The van der Waals surface area contributed by atoms with E-state index in [1.165, 1.54) is 24.3 Å². The maximum Gasteiger partial charge on any atom is 0.475 e. The molecular weight excluding hydrogens is 961 g/mol. The van der Waals surface area contributed by atoms with Gasteiger partial charge >= 0.3 is 13.8 Å². The predicted octanol–water partition coefficient (Wildman–Crippen LogP) is 11.2. The van der Waals surface area contributed by atoms with Crippen molar-refractivity contribution in [2.75, 3.05) is 33.0 Å². The Kier molecular flexibility index (Phi) is 18.5. The Balaban J connectivity index is 1.50. The molecule has 64 heavy (non-hydrogen) atoms. The molecule has 1 aliphatic rings. The van der Waals surface area contributed by atoms with Gasteiger partial charge in [0.25, 0.3) is 0 Å². The lowest BCUT2D eigenvalue weighted by Gasteiger charge is -2.27. The Hall–Kier alpha value is -4.16. The highest BCUT2D eigenvalue weighted by molar-refractivity contribution is 7.48. The van der Waals surface area contributed by atoms with Crippen LogP contribution in [0.15, 0.2) is 60.0 Å². The summed E-state index contributed by atoms with van der Waals surface area (Å²) in [7, 11) is -5.05. The van der Waals surface area contributed by atoms with Crippen molar-refractivity contribution in [3.8, 4) is 23.0 Å². The summed E-state index contributed by atoms with van der Waals surface area (Å²) in [6.07, 6.45) is -3.67. The Morgan fingerprint density at radius 1 is 0.578 bits per heavy atom. The molecule has 0 aliphatic carbocycles. The van der Waals surface area contributed by atoms with Gasteiger partial charge in [0.1, 0.15) is 19.3 Å². The first-order valence-corrected chi connectivity index (χ1v) is 22.3. The van der Waals surface area contributed by atoms with Crippen LogP contribution in [0.2, 0.25) is 20.1 Å². The van der Waals surface area contributed by atoms with E-state index in [4.69, 9.17) is 93.1 Å². The third-order valence-corrected chi connectivity index (χ3v) is 11.2. The van der Waals surface area contributed by atoms with Crippen molar-refractivity contribution in [1.29, 1.82) is 0 Å². The van der Waals surface area contributed by atoms with Crippen LogP contribution in [-0.4, -0.2) is 56.3 Å². The quantitative estimate of drug-likeness (QED) is 0.0404. The van der Waals surface area contributed by atoms with Crippen LogP contribution < -0.4 is 18.9 Å². The maximum atomic E-state index is 15.0. The Morgan fingerprint density at radius 2 is 0.922 bits per heavy atom. The van der Waals surface area contributed by atoms with Gasteiger partial charge in [0.2, 0.25) is 5.76 Å². The smallest absolute Gasteiger partial charge is 0.475 e. The molecule has 4 aromatic carbocycles. The van der Waals surface area contributed by atoms with Gasteiger partial charge in [-0.2, -0.15) is 0 Å². The van der Waals surface area contributed by atoms with E-state index in [0.29, 0.717) is 0 Å². The molecule has 348 valence electrons. The van der Waals surface area contributed by atoms with Crippen LogP contribution in [0, 0.1) is 23.3 Å². The van der Waals surface area contributed by atoms with E-state index in [-0.39, 0.29) is 91.8 Å². The normalized spacial score (nSPS) is 14.4. The minimum atomic E-state index is -5.05. The van der Waals surface area contributed by atoms with Gasteiger partial charge in [0, 0.05) is 0 Å². The molecule has 0 saturated carbocycles. The lowest BCUT2D eigenvalue weighted by atomic mass is 10.1. The van der Waals surface area contributed by atoms with Crippen LogP contribution in [-0.2, 0) is 63.6 Å². The lowest BCUT2D eigenvalue weighted by molar-refractivity contribution is -0.148. The van der Waals surface area contributed by atoms with Gasteiger partial charge in [-0.15, -0.1) is 0 Å². The molecule has 0 amide bonds. The zero-order valence-electron chi connectivity index (χ0n) is 34.5. The molecule has 0 fully saturated rings. The van der Waals surface area contributed by atoms with Crippen LogP contribution in [0.5, 0.6) is 23.0 Å². The number of cyclic esters (lactones) is 1. The SMILES string of the molecule is CCOc1c(F)cc(COC2=C(OCc3cc(F)c(OCC)c(Cl)c3)[C@@H]([C@H](CO)OP(=O)(OCc3cc(F)c(OCC)c(Cl)c3)OCc3cc(F)c(OCC)c(Cl)c3)OC2=O)cc1Cl. The zero-order valence-corrected chi connectivity index (χ0v) is 38.4. The van der Waals surface area contributed by atoms with Crippen LogP contribution in [0.1, 0.15) is 49.9 Å². The molecule has 1 aliphatic heterocycles. The van der Waals surface area contributed by atoms with E-state index in [1.54, 1.807) is 27.7 Å². The molecule has 0 bridgehead atoms. The minimum Gasteiger partial charge on any atom is -0.489 e. The number of carbonyl (C=O) groups is 1. The van der Waals surface area contributed by atoms with Crippen molar-refractivity contribution in [1.82, 2.24) is 0 Å². The molecule has 13 nitrogen and oxygen atoms in total. The fourth-order valence-corrected chi connectivity index (χ4v) is 8.42. The number of benzene rings is 4. The van der Waals surface area contributed by atoms with Gasteiger partial charge in [0.05, 0.1) is 66.3 Å². The van der Waals surface area contributed by atoms with Crippen molar-refractivity contribution in [2.45, 2.75) is 66.3 Å². The molecule has 1 N–H and O–H groups in total. The summed E-state index contributed by atoms with van der Waals surface area (Å²) in [5.74, 6) is -6.61. The molecule has 2 atom stereocenters. The zero-order chi connectivity index (χ0) is 46.7. The summed E-state index contributed by atoms with van der Waals surface area (Å²) in [5.41, 5.74) is 0.297. The second-order valence-electron chi connectivity index (χ2n) is 13.2. The third kappa shape index (κ3) is 12.8. The number of ether oxygens (including phenoxy) is 7. The van der Waals surface area contributed by atoms with Gasteiger partial charge < -0.3 is 38.3 Å². The van der Waals surface area contributed by atoms with E-state index in [2.05, 4.69) is 0 Å². The van der Waals surface area contributed by atoms with E-state index < -0.39 is 93.8 Å². The van der Waals surface area contributed by atoms with Gasteiger partial charge in [0.15, 0.2) is 58.1 Å². The van der Waals surface area contributed by atoms with Gasteiger partial charge in [-0.3, -0.25) is 13.6 Å². The van der Waals surface area contributed by atoms with Gasteiger partial charge in [-0.05, 0) is 98.5 Å². The van der Waals surface area contributed by atoms with Crippen LogP contribution in [0.25, 0.3) is 0 Å². The van der Waals surface area contributed by atoms with Crippen molar-refractivity contribution < 1.29 is 78.8 Å². The predicted molar refractivity (Wildman–Crippen MR) is 226 cm³/mol. The molecule has 0 aromatic heterocycles. The summed E-state index contributed by atoms with van der Waals surface area (Å²) in [5, 5.41) is 10.2. The highest BCUT2D eigenvalue weighted by Crippen LogP contribution is 2.54. The Bertz CT molecular complexity index is 2230. The number of hydrogen-bond donors (Lipinski definition) is 1. The standard InChI is InChI=1S/C42H41Cl4F4O13P/c1-5-54-35-26(43)9-22(13-30(35)47)18-58-40-39(62-42(52)41(40)59-19-23-10-27(44)36(55-6-2)31(48)14-23)34(17-51)63-64(53,60-20-24-11-28(45)37(56-7-3)32(49)15-24)61-21-25-12-29(46)38(57-8-4)33(50)16-25/h9-16,34,39,51H,5-8,17-21H2,1-4H3/t34-,39+/m0/s1. The number of halogens is 8. The summed E-state index contributed by atoms with van der Waals surface area (Å²) in [6.45, 7) is 3.45. The van der Waals surface area contributed by atoms with Crippen LogP contribution in [0.4, 0.5) is 17.6 Å². The van der Waals surface area contributed by atoms with Crippen molar-refractivity contribution >= 4 is 60.2 Å². The summed E-state index contributed by atoms with van der Waals surface area (Å²) < 4.78 is 130. The topological polar surface area (TPSA) is 147 Å². The second-order valence-corrected chi connectivity index (χ2v) is 16.5. The molecule has 22 heteroatoms. The summed E-state index contributed by atoms with van der Waals surface area (Å²) >= 11 is 25.0. The van der Waals surface area contributed by atoms with Gasteiger partial charge in [-0.1, -0.05) is 46.4 Å². The number of esters is 1. The molecular formula is C42H41Cl4F4O13P. The molecule has 0 unspecified atom stereocenters. The lowest BCUT2D eigenvalue weighted by Crippen LogP contribution is -2.35. The number of phosphoric ester groups is 1. The monoisotopic (exact) mass is 1000 g/mol. The number of carbonyl (C=O) groups excluding carboxylic acids is 1. The van der Waals surface area contributed by atoms with Crippen LogP contribution in [0.3, 0.4) is 0 Å². The van der Waals surface area contributed by atoms with E-state index in [0.717, 1.165) is 24.3 Å². The number of phosphoric acid groups is 1. The average Bonchev–Trinajstić information content (AvgIpc) is 3.56. The highest BCUT2D eigenvalue weighted by atomic mass is 35.5. The average molecular weight is 1000 g/mol. The largest absolute Gasteiger partial charge is 0.489 e. The first kappa shape index (κ1) is 50.8. The van der Waals surface area contributed by atoms with Crippen molar-refractivity contribution in [2.24, 2.45) is 0 Å². The summed E-state index contributed by atoms with van der Waals surface area (Å²) in [6, 6.07) is 9.27. The number of hydrogen-bond acceptors (Lipinski definition) is 13. The van der Waals surface area contributed by atoms with E-state index in [1.807, 2.05) is 0 Å². The van der Waals surface area contributed by atoms with Gasteiger partial charge in [-0.25, -0.2) is 26.9 Å². The minimum absolute atomic E-state index is 0.0214. The Morgan fingerprint density at radius 3 is 1.25 bits per heavy atom. The number of aliphatic hydroxyl groups excluding tert-OH is 1. The molecule has 5 rings (SSSR count).